The molecule has 1 aliphatic heterocycles. The second-order valence-electron chi connectivity index (χ2n) is 7.42. The van der Waals surface area contributed by atoms with Gasteiger partial charge in [-0.25, -0.2) is 13.1 Å². The second-order valence-corrected chi connectivity index (χ2v) is 9.17. The molecule has 1 atom stereocenters. The Labute approximate surface area is 149 Å². The van der Waals surface area contributed by atoms with Crippen LogP contribution >= 0.6 is 0 Å². The van der Waals surface area contributed by atoms with Gasteiger partial charge in [-0.05, 0) is 38.0 Å². The Morgan fingerprint density at radius 3 is 2.48 bits per heavy atom. The van der Waals surface area contributed by atoms with Crippen molar-refractivity contribution in [3.63, 3.8) is 0 Å². The highest BCUT2D eigenvalue weighted by atomic mass is 32.2. The zero-order valence-corrected chi connectivity index (χ0v) is 15.7. The SMILES string of the molecule is COCC1(C(=O)O)CCN(C(=O)CS(=O)(=O)NC2CCC(C)CC2)C1. The summed E-state index contributed by atoms with van der Waals surface area (Å²) in [6.45, 7) is 2.35. The van der Waals surface area contributed by atoms with Crippen LogP contribution in [0.25, 0.3) is 0 Å². The Morgan fingerprint density at radius 1 is 1.28 bits per heavy atom. The smallest absolute Gasteiger partial charge is 0.313 e. The van der Waals surface area contributed by atoms with Crippen molar-refractivity contribution < 1.29 is 27.9 Å². The zero-order chi connectivity index (χ0) is 18.7. The van der Waals surface area contributed by atoms with E-state index < -0.39 is 33.1 Å². The van der Waals surface area contributed by atoms with Crippen LogP contribution in [0.15, 0.2) is 0 Å². The van der Waals surface area contributed by atoms with Gasteiger partial charge in [0, 0.05) is 26.2 Å². The Balaban J connectivity index is 1.91. The van der Waals surface area contributed by atoms with Gasteiger partial charge in [0.1, 0.15) is 11.2 Å². The van der Waals surface area contributed by atoms with E-state index in [4.69, 9.17) is 4.74 Å². The van der Waals surface area contributed by atoms with Crippen LogP contribution < -0.4 is 4.72 Å². The first-order chi connectivity index (χ1) is 11.7. The van der Waals surface area contributed by atoms with Gasteiger partial charge in [-0.15, -0.1) is 0 Å². The van der Waals surface area contributed by atoms with Crippen LogP contribution in [0.4, 0.5) is 0 Å². The van der Waals surface area contributed by atoms with Gasteiger partial charge < -0.3 is 14.7 Å². The molecule has 0 aromatic carbocycles. The van der Waals surface area contributed by atoms with E-state index in [1.165, 1.54) is 12.0 Å². The molecular weight excluding hydrogens is 348 g/mol. The van der Waals surface area contributed by atoms with Crippen molar-refractivity contribution in [1.82, 2.24) is 9.62 Å². The minimum atomic E-state index is -3.73. The van der Waals surface area contributed by atoms with Crippen LogP contribution in [0, 0.1) is 11.3 Å². The van der Waals surface area contributed by atoms with E-state index in [0.29, 0.717) is 5.92 Å². The molecule has 2 aliphatic rings. The lowest BCUT2D eigenvalue weighted by molar-refractivity contribution is -0.151. The number of carboxylic acids is 1. The first-order valence-electron chi connectivity index (χ1n) is 8.67. The summed E-state index contributed by atoms with van der Waals surface area (Å²) < 4.78 is 32.1. The molecule has 1 saturated heterocycles. The Morgan fingerprint density at radius 2 is 1.92 bits per heavy atom. The van der Waals surface area contributed by atoms with E-state index in [9.17, 15) is 23.1 Å². The van der Waals surface area contributed by atoms with Crippen molar-refractivity contribution in [2.45, 2.75) is 45.1 Å². The lowest BCUT2D eigenvalue weighted by atomic mass is 9.88. The zero-order valence-electron chi connectivity index (χ0n) is 14.9. The second kappa shape index (κ2) is 8.01. The van der Waals surface area contributed by atoms with Crippen molar-refractivity contribution in [3.05, 3.63) is 0 Å². The minimum Gasteiger partial charge on any atom is -0.481 e. The number of carbonyl (C=O) groups is 2. The third-order valence-electron chi connectivity index (χ3n) is 5.26. The number of rotatable bonds is 7. The summed E-state index contributed by atoms with van der Waals surface area (Å²) in [5.74, 6) is -1.61. The largest absolute Gasteiger partial charge is 0.481 e. The molecule has 0 aromatic heterocycles. The molecule has 1 amide bonds. The van der Waals surface area contributed by atoms with E-state index in [-0.39, 0.29) is 32.2 Å². The summed E-state index contributed by atoms with van der Waals surface area (Å²) in [6.07, 6.45) is 3.79. The van der Waals surface area contributed by atoms with Gasteiger partial charge in [0.15, 0.2) is 0 Å². The number of carbonyl (C=O) groups excluding carboxylic acids is 1. The molecule has 2 fully saturated rings. The number of hydrogen-bond acceptors (Lipinski definition) is 5. The number of amides is 1. The van der Waals surface area contributed by atoms with Gasteiger partial charge in [-0.2, -0.15) is 0 Å². The average Bonchev–Trinajstić information content (AvgIpc) is 2.95. The van der Waals surface area contributed by atoms with Crippen molar-refractivity contribution in [3.8, 4) is 0 Å². The quantitative estimate of drug-likeness (QED) is 0.666. The number of likely N-dealkylation sites (tertiary alicyclic amines) is 1. The molecular formula is C16H28N2O6S. The van der Waals surface area contributed by atoms with E-state index in [1.54, 1.807) is 0 Å². The van der Waals surface area contributed by atoms with Crippen molar-refractivity contribution in [1.29, 1.82) is 0 Å². The number of sulfonamides is 1. The maximum atomic E-state index is 12.3. The highest BCUT2D eigenvalue weighted by molar-refractivity contribution is 7.90. The summed E-state index contributed by atoms with van der Waals surface area (Å²) in [5, 5.41) is 9.42. The molecule has 25 heavy (non-hydrogen) atoms. The molecule has 1 aliphatic carbocycles. The van der Waals surface area contributed by atoms with Crippen molar-refractivity contribution >= 4 is 21.9 Å². The predicted octanol–water partition coefficient (Wildman–Crippen LogP) is 0.434. The van der Waals surface area contributed by atoms with E-state index in [2.05, 4.69) is 11.6 Å². The number of aliphatic carboxylic acids is 1. The molecule has 0 aromatic rings. The van der Waals surface area contributed by atoms with E-state index in [0.717, 1.165) is 25.7 Å². The summed E-state index contributed by atoms with van der Waals surface area (Å²) in [5.41, 5.74) is -1.15. The summed E-state index contributed by atoms with van der Waals surface area (Å²) >= 11 is 0. The molecule has 1 unspecified atom stereocenters. The van der Waals surface area contributed by atoms with Crippen LogP contribution in [-0.4, -0.2) is 68.9 Å². The standard InChI is InChI=1S/C16H28N2O6S/c1-12-3-5-13(6-4-12)17-25(22,23)9-14(19)18-8-7-16(10-18,11-24-2)15(20)21/h12-13,17H,3-11H2,1-2H3,(H,20,21). The molecule has 9 heteroatoms. The molecule has 8 nitrogen and oxygen atoms in total. The molecule has 144 valence electrons. The third kappa shape index (κ3) is 5.15. The Kier molecular flexibility index (Phi) is 6.45. The predicted molar refractivity (Wildman–Crippen MR) is 91.5 cm³/mol. The normalized spacial score (nSPS) is 30.4. The molecule has 1 heterocycles. The number of methoxy groups -OCH3 is 1. The molecule has 0 bridgehead atoms. The minimum absolute atomic E-state index is 0.00261. The highest BCUT2D eigenvalue weighted by Gasteiger charge is 2.46. The number of carboxylic acid groups (broad SMARTS) is 1. The molecule has 1 saturated carbocycles. The first kappa shape index (κ1) is 20.1. The Hall–Kier alpha value is -1.19. The molecule has 2 rings (SSSR count). The van der Waals surface area contributed by atoms with Gasteiger partial charge in [0.2, 0.25) is 15.9 Å². The average molecular weight is 376 g/mol. The fourth-order valence-corrected chi connectivity index (χ4v) is 4.98. The summed E-state index contributed by atoms with van der Waals surface area (Å²) in [4.78, 5) is 25.2. The van der Waals surface area contributed by atoms with Crippen LogP contribution in [0.1, 0.15) is 39.0 Å². The third-order valence-corrected chi connectivity index (χ3v) is 6.58. The lowest BCUT2D eigenvalue weighted by Gasteiger charge is -2.27. The van der Waals surface area contributed by atoms with Gasteiger partial charge in [0.25, 0.3) is 0 Å². The van der Waals surface area contributed by atoms with Crippen LogP contribution in [0.2, 0.25) is 0 Å². The molecule has 2 N–H and O–H groups in total. The number of nitrogens with zero attached hydrogens (tertiary/aromatic N) is 1. The van der Waals surface area contributed by atoms with Gasteiger partial charge in [-0.3, -0.25) is 9.59 Å². The Bertz CT molecular complexity index is 600. The van der Waals surface area contributed by atoms with Crippen molar-refractivity contribution in [2.75, 3.05) is 32.6 Å². The first-order valence-corrected chi connectivity index (χ1v) is 10.3. The summed E-state index contributed by atoms with van der Waals surface area (Å²) in [7, 11) is -2.31. The fraction of sp³-hybridized carbons (Fsp3) is 0.875. The van der Waals surface area contributed by atoms with Crippen LogP contribution in [0.5, 0.6) is 0 Å². The maximum Gasteiger partial charge on any atom is 0.313 e. The van der Waals surface area contributed by atoms with Gasteiger partial charge in [0.05, 0.1) is 6.61 Å². The van der Waals surface area contributed by atoms with Crippen LogP contribution in [-0.2, 0) is 24.3 Å². The molecule has 0 spiro atoms. The fourth-order valence-electron chi connectivity index (χ4n) is 3.64. The lowest BCUT2D eigenvalue weighted by Crippen LogP contribution is -2.45. The topological polar surface area (TPSA) is 113 Å². The summed E-state index contributed by atoms with van der Waals surface area (Å²) in [6, 6.07) is -0.112. The van der Waals surface area contributed by atoms with Crippen molar-refractivity contribution in [2.24, 2.45) is 11.3 Å². The van der Waals surface area contributed by atoms with Gasteiger partial charge >= 0.3 is 5.97 Å². The van der Waals surface area contributed by atoms with E-state index in [1.807, 2.05) is 0 Å². The number of nitrogens with one attached hydrogen (secondary N) is 1. The van der Waals surface area contributed by atoms with E-state index >= 15 is 0 Å². The van der Waals surface area contributed by atoms with Gasteiger partial charge in [-0.1, -0.05) is 6.92 Å². The highest BCUT2D eigenvalue weighted by Crippen LogP contribution is 2.31. The molecule has 0 radical (unpaired) electrons. The maximum absolute atomic E-state index is 12.3. The number of ether oxygens (including phenoxy) is 1. The van der Waals surface area contributed by atoms with Crippen LogP contribution in [0.3, 0.4) is 0 Å². The monoisotopic (exact) mass is 376 g/mol. The number of hydrogen-bond donors (Lipinski definition) is 2.